The summed E-state index contributed by atoms with van der Waals surface area (Å²) in [7, 11) is 0. The Bertz CT molecular complexity index is 331. The van der Waals surface area contributed by atoms with Gasteiger partial charge in [0.15, 0.2) is 0 Å². The minimum absolute atomic E-state index is 0.0210. The Labute approximate surface area is 115 Å². The van der Waals surface area contributed by atoms with E-state index in [1.165, 1.54) is 0 Å². The lowest BCUT2D eigenvalue weighted by Gasteiger charge is -2.34. The van der Waals surface area contributed by atoms with Crippen molar-refractivity contribution < 1.29 is 14.7 Å². The van der Waals surface area contributed by atoms with E-state index < -0.39 is 11.5 Å². The number of aliphatic carboxylic acids is 1. The molecule has 19 heavy (non-hydrogen) atoms. The van der Waals surface area contributed by atoms with Crippen molar-refractivity contribution in [2.75, 3.05) is 13.1 Å². The number of hydrogen-bond donors (Lipinski definition) is 2. The molecule has 1 amide bonds. The van der Waals surface area contributed by atoms with Crippen LogP contribution in [0, 0.1) is 0 Å². The summed E-state index contributed by atoms with van der Waals surface area (Å²) in [6.45, 7) is 7.35. The van der Waals surface area contributed by atoms with Gasteiger partial charge in [0, 0.05) is 19.0 Å². The molecule has 0 spiro atoms. The summed E-state index contributed by atoms with van der Waals surface area (Å²) in [4.78, 5) is 25.3. The molecule has 1 aliphatic heterocycles. The van der Waals surface area contributed by atoms with Gasteiger partial charge in [-0.15, -0.1) is 0 Å². The van der Waals surface area contributed by atoms with E-state index in [9.17, 15) is 14.7 Å². The van der Waals surface area contributed by atoms with E-state index in [4.69, 9.17) is 0 Å². The van der Waals surface area contributed by atoms with Crippen LogP contribution in [-0.2, 0) is 9.59 Å². The Kier molecular flexibility index (Phi) is 5.79. The molecule has 0 bridgehead atoms. The number of likely N-dealkylation sites (tertiary alicyclic amines) is 1. The molecule has 1 saturated heterocycles. The monoisotopic (exact) mass is 270 g/mol. The number of nitrogens with one attached hydrogen (secondary N) is 1. The Balaban J connectivity index is 2.53. The molecule has 1 atom stereocenters. The van der Waals surface area contributed by atoms with Crippen LogP contribution in [0.5, 0.6) is 0 Å². The van der Waals surface area contributed by atoms with Crippen molar-refractivity contribution in [3.05, 3.63) is 0 Å². The number of nitrogens with zero attached hydrogens (tertiary/aromatic N) is 1. The molecule has 1 fully saturated rings. The molecule has 1 unspecified atom stereocenters. The second kappa shape index (κ2) is 6.89. The van der Waals surface area contributed by atoms with Gasteiger partial charge in [-0.05, 0) is 32.2 Å². The van der Waals surface area contributed by atoms with Crippen LogP contribution in [0.2, 0.25) is 0 Å². The molecular weight excluding hydrogens is 244 g/mol. The minimum Gasteiger partial charge on any atom is -0.479 e. The van der Waals surface area contributed by atoms with Crippen LogP contribution < -0.4 is 5.32 Å². The first kappa shape index (κ1) is 16.0. The summed E-state index contributed by atoms with van der Waals surface area (Å²) >= 11 is 0. The second-order valence-electron chi connectivity index (χ2n) is 5.55. The zero-order valence-electron chi connectivity index (χ0n) is 12.2. The molecule has 0 aromatic rings. The molecule has 0 aromatic carbocycles. The molecule has 1 rings (SSSR count). The van der Waals surface area contributed by atoms with Crippen LogP contribution in [-0.4, -0.2) is 46.6 Å². The van der Waals surface area contributed by atoms with Crippen molar-refractivity contribution in [3.63, 3.8) is 0 Å². The quantitative estimate of drug-likeness (QED) is 0.690. The lowest BCUT2D eigenvalue weighted by Crippen LogP contribution is -2.52. The van der Waals surface area contributed by atoms with Crippen molar-refractivity contribution in [2.45, 2.75) is 64.5 Å². The summed E-state index contributed by atoms with van der Waals surface area (Å²) in [5, 5.41) is 12.7. The molecule has 5 nitrogen and oxygen atoms in total. The fourth-order valence-corrected chi connectivity index (χ4v) is 2.75. The van der Waals surface area contributed by atoms with Crippen LogP contribution in [0.25, 0.3) is 0 Å². The second-order valence-corrected chi connectivity index (χ2v) is 5.55. The first-order valence-corrected chi connectivity index (χ1v) is 7.21. The van der Waals surface area contributed by atoms with E-state index in [1.54, 1.807) is 4.90 Å². The normalized spacial score (nSPS) is 23.1. The first-order chi connectivity index (χ1) is 8.94. The number of carbonyl (C=O) groups is 2. The maximum absolute atomic E-state index is 12.2. The Morgan fingerprint density at radius 2 is 2.11 bits per heavy atom. The Morgan fingerprint density at radius 3 is 2.63 bits per heavy atom. The molecule has 0 aromatic heterocycles. The van der Waals surface area contributed by atoms with Gasteiger partial charge in [0.1, 0.15) is 5.54 Å². The predicted molar refractivity (Wildman–Crippen MR) is 74.0 cm³/mol. The lowest BCUT2D eigenvalue weighted by molar-refractivity contribution is -0.156. The Hall–Kier alpha value is -1.10. The van der Waals surface area contributed by atoms with Gasteiger partial charge in [-0.1, -0.05) is 20.8 Å². The molecule has 2 N–H and O–H groups in total. The zero-order chi connectivity index (χ0) is 14.5. The Morgan fingerprint density at radius 1 is 1.42 bits per heavy atom. The van der Waals surface area contributed by atoms with Crippen LogP contribution in [0.4, 0.5) is 0 Å². The molecule has 0 radical (unpaired) electrons. The van der Waals surface area contributed by atoms with Crippen LogP contribution in [0.1, 0.15) is 52.9 Å². The molecule has 0 saturated carbocycles. The number of hydrogen-bond acceptors (Lipinski definition) is 3. The van der Waals surface area contributed by atoms with Crippen molar-refractivity contribution in [3.8, 4) is 0 Å². The van der Waals surface area contributed by atoms with Crippen molar-refractivity contribution in [1.29, 1.82) is 0 Å². The maximum Gasteiger partial charge on any atom is 0.329 e. The zero-order valence-corrected chi connectivity index (χ0v) is 12.2. The highest BCUT2D eigenvalue weighted by Gasteiger charge is 2.48. The summed E-state index contributed by atoms with van der Waals surface area (Å²) in [6.07, 6.45) is 3.03. The lowest BCUT2D eigenvalue weighted by atomic mass is 9.92. The average molecular weight is 270 g/mol. The molecule has 0 aliphatic carbocycles. The van der Waals surface area contributed by atoms with Gasteiger partial charge in [-0.25, -0.2) is 4.79 Å². The molecular formula is C14H26N2O3. The van der Waals surface area contributed by atoms with E-state index in [2.05, 4.69) is 19.2 Å². The summed E-state index contributed by atoms with van der Waals surface area (Å²) < 4.78 is 0. The number of carboxylic acids is 1. The van der Waals surface area contributed by atoms with E-state index in [0.717, 1.165) is 19.4 Å². The third-order valence-electron chi connectivity index (χ3n) is 3.89. The largest absolute Gasteiger partial charge is 0.479 e. The van der Waals surface area contributed by atoms with Gasteiger partial charge in [-0.3, -0.25) is 4.79 Å². The molecule has 110 valence electrons. The van der Waals surface area contributed by atoms with E-state index in [-0.39, 0.29) is 5.91 Å². The van der Waals surface area contributed by atoms with Crippen LogP contribution >= 0.6 is 0 Å². The van der Waals surface area contributed by atoms with Gasteiger partial charge < -0.3 is 15.3 Å². The summed E-state index contributed by atoms with van der Waals surface area (Å²) in [5.74, 6) is -0.881. The molecule has 1 heterocycles. The van der Waals surface area contributed by atoms with E-state index >= 15 is 0 Å². The predicted octanol–water partition coefficient (Wildman–Crippen LogP) is 1.62. The van der Waals surface area contributed by atoms with E-state index in [0.29, 0.717) is 31.8 Å². The summed E-state index contributed by atoms with van der Waals surface area (Å²) in [6, 6.07) is 0.413. The highest BCUT2D eigenvalue weighted by molar-refractivity contribution is 5.87. The van der Waals surface area contributed by atoms with Crippen molar-refractivity contribution >= 4 is 11.9 Å². The number of amides is 1. The third-order valence-corrected chi connectivity index (χ3v) is 3.89. The van der Waals surface area contributed by atoms with E-state index in [1.807, 2.05) is 6.92 Å². The van der Waals surface area contributed by atoms with Gasteiger partial charge in [-0.2, -0.15) is 0 Å². The van der Waals surface area contributed by atoms with Crippen LogP contribution in [0.3, 0.4) is 0 Å². The fraction of sp³-hybridized carbons (Fsp3) is 0.857. The topological polar surface area (TPSA) is 69.6 Å². The summed E-state index contributed by atoms with van der Waals surface area (Å²) in [5.41, 5.74) is -0.956. The van der Waals surface area contributed by atoms with Crippen molar-refractivity contribution in [1.82, 2.24) is 10.2 Å². The first-order valence-electron chi connectivity index (χ1n) is 7.21. The fourth-order valence-electron chi connectivity index (χ4n) is 2.75. The van der Waals surface area contributed by atoms with Gasteiger partial charge in [0.05, 0.1) is 0 Å². The minimum atomic E-state index is -0.956. The highest BCUT2D eigenvalue weighted by Crippen LogP contribution is 2.33. The number of carbonyl (C=O) groups excluding carboxylic acids is 1. The average Bonchev–Trinajstić information content (AvgIpc) is 2.79. The number of rotatable bonds is 7. The standard InChI is InChI=1S/C14H26N2O3/c1-4-14(13(18)19)8-6-10-16(14)12(17)7-5-9-15-11(2)3/h11,15H,4-10H2,1-3H3,(H,18,19). The van der Waals surface area contributed by atoms with Gasteiger partial charge >= 0.3 is 5.97 Å². The number of carboxylic acid groups (broad SMARTS) is 1. The van der Waals surface area contributed by atoms with Crippen LogP contribution in [0.15, 0.2) is 0 Å². The van der Waals surface area contributed by atoms with Gasteiger partial charge in [0.25, 0.3) is 0 Å². The molecule has 1 aliphatic rings. The smallest absolute Gasteiger partial charge is 0.329 e. The van der Waals surface area contributed by atoms with Gasteiger partial charge in [0.2, 0.25) is 5.91 Å². The van der Waals surface area contributed by atoms with Crippen molar-refractivity contribution in [2.24, 2.45) is 0 Å². The molecule has 5 heteroatoms. The SMILES string of the molecule is CCC1(C(=O)O)CCCN1C(=O)CCCNC(C)C. The highest BCUT2D eigenvalue weighted by atomic mass is 16.4. The maximum atomic E-state index is 12.2. The third kappa shape index (κ3) is 3.69.